The Morgan fingerprint density at radius 3 is 2.43 bits per heavy atom. The maximum Gasteiger partial charge on any atom is 0.249 e. The molecule has 1 aromatic heterocycles. The van der Waals surface area contributed by atoms with Crippen LogP contribution in [0.3, 0.4) is 0 Å². The lowest BCUT2D eigenvalue weighted by molar-refractivity contribution is 0.494. The number of aromatic nitrogens is 2. The van der Waals surface area contributed by atoms with Crippen LogP contribution >= 0.6 is 11.6 Å². The van der Waals surface area contributed by atoms with Crippen LogP contribution < -0.4 is 5.32 Å². The van der Waals surface area contributed by atoms with Gasteiger partial charge in [-0.05, 0) is 48.7 Å². The first-order valence-electron chi connectivity index (χ1n) is 9.09. The van der Waals surface area contributed by atoms with Crippen LogP contribution in [0.15, 0.2) is 77.2 Å². The van der Waals surface area contributed by atoms with Crippen molar-refractivity contribution in [2.75, 3.05) is 5.32 Å². The fourth-order valence-electron chi connectivity index (χ4n) is 3.07. The zero-order chi connectivity index (χ0) is 19.5. The molecule has 0 unspecified atom stereocenters. The van der Waals surface area contributed by atoms with Gasteiger partial charge in [-0.1, -0.05) is 66.2 Å². The van der Waals surface area contributed by atoms with Gasteiger partial charge in [0.1, 0.15) is 6.04 Å². The fourth-order valence-corrected chi connectivity index (χ4v) is 3.29. The molecule has 1 N–H and O–H groups in total. The summed E-state index contributed by atoms with van der Waals surface area (Å²) in [6, 6.07) is 23.6. The standard InChI is InChI=1S/C23H20ClN3O/c1-15-12-13-16(2)20(14-15)25-21(17-8-4-3-5-9-17)23-27-26-22(28-23)18-10-6-7-11-19(18)24/h3-14,21,25H,1-2H3/t21-/m0/s1. The van der Waals surface area contributed by atoms with E-state index in [9.17, 15) is 0 Å². The molecule has 0 saturated carbocycles. The van der Waals surface area contributed by atoms with E-state index >= 15 is 0 Å². The molecule has 28 heavy (non-hydrogen) atoms. The Morgan fingerprint density at radius 1 is 0.893 bits per heavy atom. The van der Waals surface area contributed by atoms with E-state index in [2.05, 4.69) is 47.6 Å². The monoisotopic (exact) mass is 389 g/mol. The second-order valence-corrected chi connectivity index (χ2v) is 7.14. The third kappa shape index (κ3) is 3.78. The molecule has 3 aromatic carbocycles. The smallest absolute Gasteiger partial charge is 0.249 e. The number of aryl methyl sites for hydroxylation is 2. The molecule has 0 fully saturated rings. The van der Waals surface area contributed by atoms with Gasteiger partial charge in [-0.2, -0.15) is 0 Å². The molecule has 0 aliphatic carbocycles. The Balaban J connectivity index is 1.75. The van der Waals surface area contributed by atoms with Gasteiger partial charge < -0.3 is 9.73 Å². The van der Waals surface area contributed by atoms with Crippen LogP contribution in [0.1, 0.15) is 28.6 Å². The van der Waals surface area contributed by atoms with Crippen molar-refractivity contribution in [2.45, 2.75) is 19.9 Å². The Bertz CT molecular complexity index is 1090. The Kier molecular flexibility index (Phi) is 5.13. The summed E-state index contributed by atoms with van der Waals surface area (Å²) in [7, 11) is 0. The lowest BCUT2D eigenvalue weighted by Crippen LogP contribution is -2.13. The molecular weight excluding hydrogens is 370 g/mol. The molecule has 0 saturated heterocycles. The fraction of sp³-hybridized carbons (Fsp3) is 0.130. The minimum absolute atomic E-state index is 0.273. The summed E-state index contributed by atoms with van der Waals surface area (Å²) in [5, 5.41) is 12.7. The van der Waals surface area contributed by atoms with Crippen LogP contribution in [0.4, 0.5) is 5.69 Å². The molecule has 0 amide bonds. The first-order chi connectivity index (χ1) is 13.6. The lowest BCUT2D eigenvalue weighted by atomic mass is 10.0. The first-order valence-corrected chi connectivity index (χ1v) is 9.46. The molecule has 0 bridgehead atoms. The highest BCUT2D eigenvalue weighted by molar-refractivity contribution is 6.33. The van der Waals surface area contributed by atoms with Gasteiger partial charge in [-0.25, -0.2) is 0 Å². The van der Waals surface area contributed by atoms with Crippen LogP contribution in [0.5, 0.6) is 0 Å². The van der Waals surface area contributed by atoms with E-state index in [1.54, 1.807) is 0 Å². The molecule has 0 aliphatic heterocycles. The van der Waals surface area contributed by atoms with Gasteiger partial charge in [0.2, 0.25) is 11.8 Å². The summed E-state index contributed by atoms with van der Waals surface area (Å²) in [6.07, 6.45) is 0. The Hall–Kier alpha value is -3.11. The zero-order valence-corrected chi connectivity index (χ0v) is 16.4. The molecule has 0 spiro atoms. The van der Waals surface area contributed by atoms with Crippen molar-refractivity contribution < 1.29 is 4.42 Å². The third-order valence-corrected chi connectivity index (χ3v) is 4.95. The van der Waals surface area contributed by atoms with Crippen molar-refractivity contribution in [1.82, 2.24) is 10.2 Å². The van der Waals surface area contributed by atoms with E-state index in [4.69, 9.17) is 16.0 Å². The summed E-state index contributed by atoms with van der Waals surface area (Å²) < 4.78 is 6.04. The van der Waals surface area contributed by atoms with Crippen molar-refractivity contribution >= 4 is 17.3 Å². The van der Waals surface area contributed by atoms with Crippen LogP contribution in [0.2, 0.25) is 5.02 Å². The van der Waals surface area contributed by atoms with E-state index in [1.807, 2.05) is 54.6 Å². The lowest BCUT2D eigenvalue weighted by Gasteiger charge is -2.19. The Morgan fingerprint density at radius 2 is 1.64 bits per heavy atom. The summed E-state index contributed by atoms with van der Waals surface area (Å²) in [4.78, 5) is 0. The summed E-state index contributed by atoms with van der Waals surface area (Å²) in [5.74, 6) is 0.895. The van der Waals surface area contributed by atoms with Crippen molar-refractivity contribution in [1.29, 1.82) is 0 Å². The number of anilines is 1. The van der Waals surface area contributed by atoms with Crippen molar-refractivity contribution in [2.24, 2.45) is 0 Å². The molecule has 1 atom stereocenters. The maximum absolute atomic E-state index is 6.29. The van der Waals surface area contributed by atoms with Gasteiger partial charge in [0.15, 0.2) is 0 Å². The SMILES string of the molecule is Cc1ccc(C)c(N[C@@H](c2ccccc2)c2nnc(-c3ccccc3Cl)o2)c1. The van der Waals surface area contributed by atoms with E-state index in [0.29, 0.717) is 16.8 Å². The predicted molar refractivity (Wildman–Crippen MR) is 113 cm³/mol. The van der Waals surface area contributed by atoms with Crippen LogP contribution in [-0.2, 0) is 0 Å². The Labute approximate surface area is 169 Å². The number of halogens is 1. The predicted octanol–water partition coefficient (Wildman–Crippen LogP) is 6.21. The largest absolute Gasteiger partial charge is 0.418 e. The highest BCUT2D eigenvalue weighted by Crippen LogP contribution is 2.32. The number of nitrogens with zero attached hydrogens (tertiary/aromatic N) is 2. The van der Waals surface area contributed by atoms with Crippen LogP contribution in [0.25, 0.3) is 11.5 Å². The van der Waals surface area contributed by atoms with E-state index in [0.717, 1.165) is 22.4 Å². The van der Waals surface area contributed by atoms with Gasteiger partial charge in [0, 0.05) is 5.69 Å². The van der Waals surface area contributed by atoms with Gasteiger partial charge in [-0.15, -0.1) is 10.2 Å². The quantitative estimate of drug-likeness (QED) is 0.441. The van der Waals surface area contributed by atoms with Crippen LogP contribution in [-0.4, -0.2) is 10.2 Å². The van der Waals surface area contributed by atoms with Gasteiger partial charge >= 0.3 is 0 Å². The van der Waals surface area contributed by atoms with Crippen molar-refractivity contribution in [3.63, 3.8) is 0 Å². The highest BCUT2D eigenvalue weighted by atomic mass is 35.5. The molecule has 1 heterocycles. The van der Waals surface area contributed by atoms with E-state index in [1.165, 1.54) is 5.56 Å². The normalized spacial score (nSPS) is 12.0. The first kappa shape index (κ1) is 18.3. The minimum atomic E-state index is -0.273. The molecular formula is C23H20ClN3O. The number of hydrogen-bond donors (Lipinski definition) is 1. The second-order valence-electron chi connectivity index (χ2n) is 6.73. The van der Waals surface area contributed by atoms with Crippen LogP contribution in [0, 0.1) is 13.8 Å². The maximum atomic E-state index is 6.29. The van der Waals surface area contributed by atoms with Gasteiger partial charge in [0.25, 0.3) is 0 Å². The van der Waals surface area contributed by atoms with Gasteiger partial charge in [0.05, 0.1) is 10.6 Å². The summed E-state index contributed by atoms with van der Waals surface area (Å²) in [5.41, 5.74) is 5.13. The van der Waals surface area contributed by atoms with Crippen molar-refractivity contribution in [3.8, 4) is 11.5 Å². The molecule has 0 radical (unpaired) electrons. The average molecular weight is 390 g/mol. The number of rotatable bonds is 5. The molecule has 4 aromatic rings. The van der Waals surface area contributed by atoms with Gasteiger partial charge in [-0.3, -0.25) is 0 Å². The summed E-state index contributed by atoms with van der Waals surface area (Å²) >= 11 is 6.29. The second kappa shape index (κ2) is 7.87. The molecule has 5 heteroatoms. The molecule has 4 nitrogen and oxygen atoms in total. The average Bonchev–Trinajstić information content (AvgIpc) is 3.19. The number of hydrogen-bond acceptors (Lipinski definition) is 4. The number of benzene rings is 3. The van der Waals surface area contributed by atoms with E-state index < -0.39 is 0 Å². The molecule has 140 valence electrons. The number of nitrogens with one attached hydrogen (secondary N) is 1. The molecule has 0 aliphatic rings. The topological polar surface area (TPSA) is 51.0 Å². The summed E-state index contributed by atoms with van der Waals surface area (Å²) in [6.45, 7) is 4.15. The third-order valence-electron chi connectivity index (χ3n) is 4.62. The van der Waals surface area contributed by atoms with Crippen molar-refractivity contribution in [3.05, 3.63) is 100 Å². The zero-order valence-electron chi connectivity index (χ0n) is 15.7. The van der Waals surface area contributed by atoms with E-state index in [-0.39, 0.29) is 6.04 Å². The molecule has 4 rings (SSSR count). The minimum Gasteiger partial charge on any atom is -0.418 e. The highest BCUT2D eigenvalue weighted by Gasteiger charge is 2.22.